The van der Waals surface area contributed by atoms with Crippen LogP contribution in [-0.4, -0.2) is 17.8 Å². The molecule has 3 aliphatic carbocycles. The zero-order chi connectivity index (χ0) is 26.4. The Labute approximate surface area is 226 Å². The van der Waals surface area contributed by atoms with Gasteiger partial charge in [-0.2, -0.15) is 13.2 Å². The molecule has 8 heteroatoms. The third-order valence-electron chi connectivity index (χ3n) is 9.22. The lowest BCUT2D eigenvalue weighted by Gasteiger charge is -2.54. The topological polar surface area (TPSA) is 43.7 Å². The summed E-state index contributed by atoms with van der Waals surface area (Å²) in [7, 11) is 1.56. The predicted molar refractivity (Wildman–Crippen MR) is 141 cm³/mol. The van der Waals surface area contributed by atoms with Crippen LogP contribution < -0.4 is 9.47 Å². The van der Waals surface area contributed by atoms with Crippen LogP contribution in [0.4, 0.5) is 13.2 Å². The van der Waals surface area contributed by atoms with Gasteiger partial charge in [0.1, 0.15) is 11.8 Å². The molecule has 6 rings (SSSR count). The minimum absolute atomic E-state index is 0.0243. The molecule has 0 radical (unpaired) electrons. The summed E-state index contributed by atoms with van der Waals surface area (Å²) in [5, 5.41) is 0.574. The first kappa shape index (κ1) is 25.7. The lowest BCUT2D eigenvalue weighted by atomic mass is 9.51. The Hall–Kier alpha value is -2.54. The van der Waals surface area contributed by atoms with E-state index >= 15 is 0 Å². The highest BCUT2D eigenvalue weighted by atomic mass is 35.5. The zero-order valence-corrected chi connectivity index (χ0v) is 22.2. The monoisotopic (exact) mass is 544 g/mol. The van der Waals surface area contributed by atoms with Crippen molar-refractivity contribution in [3.8, 4) is 11.5 Å². The lowest BCUT2D eigenvalue weighted by molar-refractivity contribution is -0.137. The Kier molecular flexibility index (Phi) is 6.91. The molecule has 1 aliphatic heterocycles. The van der Waals surface area contributed by atoms with E-state index in [0.29, 0.717) is 28.3 Å². The van der Waals surface area contributed by atoms with Crippen LogP contribution in [0.3, 0.4) is 0 Å². The largest absolute Gasteiger partial charge is 0.493 e. The molecule has 3 fully saturated rings. The number of rotatable bonds is 6. The summed E-state index contributed by atoms with van der Waals surface area (Å²) >= 11 is 6.82. The Balaban J connectivity index is 1.18. The van der Waals surface area contributed by atoms with Gasteiger partial charge in [0, 0.05) is 17.8 Å². The van der Waals surface area contributed by atoms with Gasteiger partial charge in [0.05, 0.1) is 18.4 Å². The maximum atomic E-state index is 12.8. The van der Waals surface area contributed by atoms with Crippen LogP contribution >= 0.6 is 11.6 Å². The summed E-state index contributed by atoms with van der Waals surface area (Å²) in [5.41, 5.74) is 2.87. The van der Waals surface area contributed by atoms with Crippen LogP contribution in [0.1, 0.15) is 68.2 Å². The summed E-state index contributed by atoms with van der Waals surface area (Å²) < 4.78 is 49.7. The molecule has 2 aromatic rings. The zero-order valence-electron chi connectivity index (χ0n) is 21.4. The fraction of sp³-hybridized carbons (Fsp3) is 0.533. The highest BCUT2D eigenvalue weighted by molar-refractivity contribution is 6.33. The highest BCUT2D eigenvalue weighted by Crippen LogP contribution is 2.56. The summed E-state index contributed by atoms with van der Waals surface area (Å²) in [6.07, 6.45) is 6.48. The van der Waals surface area contributed by atoms with Crippen LogP contribution in [-0.2, 0) is 12.8 Å². The molecule has 1 aromatic carbocycles. The molecule has 0 N–H and O–H groups in total. The molecule has 0 amide bonds. The number of halogens is 4. The number of pyridine rings is 1. The summed E-state index contributed by atoms with van der Waals surface area (Å²) in [6, 6.07) is 7.95. The quantitative estimate of drug-likeness (QED) is 0.344. The number of hydrogen-bond acceptors (Lipinski definition) is 4. The first-order valence-electron chi connectivity index (χ1n) is 13.6. The molecular weight excluding hydrogens is 513 g/mol. The van der Waals surface area contributed by atoms with Crippen molar-refractivity contribution in [2.24, 2.45) is 34.6 Å². The van der Waals surface area contributed by atoms with E-state index in [9.17, 15) is 13.2 Å². The minimum Gasteiger partial charge on any atom is -0.493 e. The molecule has 3 bridgehead atoms. The standard InChI is InChI=1S/C30H32ClF3N2O2/c1-37-27-14-19(6-11-26(27)38-16-22-8-7-21(15-35-22)30(32,33)34)23-9-10-25(36-29(23)31)28-20-5-4-18-3-2-17(12-20)13-24(18)28/h6-8,11,14-15,17-18,20,24,28H,2-5,9-10,12-13,16H2,1H3. The van der Waals surface area contributed by atoms with Gasteiger partial charge in [0.15, 0.2) is 11.5 Å². The fourth-order valence-electron chi connectivity index (χ4n) is 7.45. The van der Waals surface area contributed by atoms with Crippen LogP contribution in [0.5, 0.6) is 11.5 Å². The van der Waals surface area contributed by atoms with Gasteiger partial charge in [-0.25, -0.2) is 4.99 Å². The Morgan fingerprint density at radius 1 is 0.974 bits per heavy atom. The molecule has 0 saturated heterocycles. The van der Waals surface area contributed by atoms with Crippen molar-refractivity contribution < 1.29 is 22.6 Å². The van der Waals surface area contributed by atoms with Gasteiger partial charge in [-0.3, -0.25) is 4.98 Å². The smallest absolute Gasteiger partial charge is 0.417 e. The molecule has 3 saturated carbocycles. The van der Waals surface area contributed by atoms with Crippen molar-refractivity contribution >= 4 is 22.9 Å². The molecule has 38 heavy (non-hydrogen) atoms. The Bertz CT molecular complexity index is 1250. The van der Waals surface area contributed by atoms with E-state index in [-0.39, 0.29) is 6.61 Å². The van der Waals surface area contributed by atoms with Gasteiger partial charge in [0.25, 0.3) is 0 Å². The van der Waals surface area contributed by atoms with Crippen LogP contribution in [0.15, 0.2) is 46.7 Å². The second-order valence-electron chi connectivity index (χ2n) is 11.3. The van der Waals surface area contributed by atoms with E-state index in [1.54, 1.807) is 13.2 Å². The molecule has 202 valence electrons. The first-order valence-corrected chi connectivity index (χ1v) is 14.0. The van der Waals surface area contributed by atoms with Crippen LogP contribution in [0.25, 0.3) is 5.57 Å². The lowest BCUT2D eigenvalue weighted by Crippen LogP contribution is -2.47. The maximum Gasteiger partial charge on any atom is 0.417 e. The number of aliphatic imine (C=N–C) groups is 1. The van der Waals surface area contributed by atoms with E-state index < -0.39 is 11.7 Å². The number of hydrogen-bond donors (Lipinski definition) is 0. The van der Waals surface area contributed by atoms with E-state index in [1.165, 1.54) is 50.3 Å². The highest BCUT2D eigenvalue weighted by Gasteiger charge is 2.49. The van der Waals surface area contributed by atoms with Crippen LogP contribution in [0.2, 0.25) is 0 Å². The molecule has 4 aliphatic rings. The van der Waals surface area contributed by atoms with Gasteiger partial charge in [-0.05, 0) is 104 Å². The molecule has 5 unspecified atom stereocenters. The van der Waals surface area contributed by atoms with E-state index in [1.807, 2.05) is 12.1 Å². The number of allylic oxidation sites excluding steroid dienone is 1. The third kappa shape index (κ3) is 4.94. The van der Waals surface area contributed by atoms with Crippen LogP contribution in [0, 0.1) is 29.6 Å². The molecule has 0 spiro atoms. The number of alkyl halides is 3. The number of benzene rings is 1. The summed E-state index contributed by atoms with van der Waals surface area (Å²) in [4.78, 5) is 8.88. The third-order valence-corrected chi connectivity index (χ3v) is 9.53. The molecule has 1 aromatic heterocycles. The molecule has 2 heterocycles. The van der Waals surface area contributed by atoms with Gasteiger partial charge in [-0.15, -0.1) is 0 Å². The van der Waals surface area contributed by atoms with E-state index in [0.717, 1.165) is 59.9 Å². The van der Waals surface area contributed by atoms with E-state index in [4.69, 9.17) is 26.1 Å². The van der Waals surface area contributed by atoms with E-state index in [2.05, 4.69) is 4.98 Å². The number of methoxy groups -OCH3 is 1. The van der Waals surface area contributed by atoms with Gasteiger partial charge >= 0.3 is 6.18 Å². The van der Waals surface area contributed by atoms with Gasteiger partial charge < -0.3 is 9.47 Å². The fourth-order valence-corrected chi connectivity index (χ4v) is 7.77. The SMILES string of the molecule is COc1cc(C2=C(Cl)N=C(C3C4CCC5CCC(C4)CC53)CC2)ccc1OCc1ccc(C(F)(F)F)cn1. The summed E-state index contributed by atoms with van der Waals surface area (Å²) in [5.74, 6) is 4.97. The van der Waals surface area contributed by atoms with Crippen molar-refractivity contribution in [1.29, 1.82) is 0 Å². The average molecular weight is 545 g/mol. The normalized spacial score (nSPS) is 28.8. The van der Waals surface area contributed by atoms with Gasteiger partial charge in [0.2, 0.25) is 0 Å². The molecule has 5 atom stereocenters. The maximum absolute atomic E-state index is 12.8. The van der Waals surface area contributed by atoms with Crippen molar-refractivity contribution in [2.75, 3.05) is 7.11 Å². The minimum atomic E-state index is -4.42. The second-order valence-corrected chi connectivity index (χ2v) is 11.6. The van der Waals surface area contributed by atoms with Crippen molar-refractivity contribution in [2.45, 2.75) is 64.1 Å². The van der Waals surface area contributed by atoms with Gasteiger partial charge in [-0.1, -0.05) is 24.1 Å². The van der Waals surface area contributed by atoms with Crippen molar-refractivity contribution in [1.82, 2.24) is 4.98 Å². The van der Waals surface area contributed by atoms with Crippen molar-refractivity contribution in [3.63, 3.8) is 0 Å². The average Bonchev–Trinajstić information content (AvgIpc) is 2.90. The first-order chi connectivity index (χ1) is 18.3. The number of nitrogens with zero attached hydrogens (tertiary/aromatic N) is 2. The number of aromatic nitrogens is 1. The predicted octanol–water partition coefficient (Wildman–Crippen LogP) is 8.29. The molecular formula is C30H32ClF3N2O2. The summed E-state index contributed by atoms with van der Waals surface area (Å²) in [6.45, 7) is 0.0243. The Morgan fingerprint density at radius 2 is 1.79 bits per heavy atom. The number of ether oxygens (including phenoxy) is 2. The van der Waals surface area contributed by atoms with Crippen molar-refractivity contribution in [3.05, 3.63) is 58.5 Å². The Morgan fingerprint density at radius 3 is 2.53 bits per heavy atom. The number of fused-ring (bicyclic) bond motifs is 2. The second kappa shape index (κ2) is 10.2. The molecule has 4 nitrogen and oxygen atoms in total.